The molecule has 0 spiro atoms. The molecule has 0 unspecified atom stereocenters. The van der Waals surface area contributed by atoms with Gasteiger partial charge in [0.2, 0.25) is 5.91 Å². The molecule has 7 heteroatoms. The van der Waals surface area contributed by atoms with Crippen LogP contribution < -0.4 is 10.0 Å². The Kier molecular flexibility index (Phi) is 4.60. The number of carbonyl (C=O) groups excluding carboxylic acids is 1. The van der Waals surface area contributed by atoms with Gasteiger partial charge in [0.15, 0.2) is 0 Å². The number of amides is 1. The van der Waals surface area contributed by atoms with Gasteiger partial charge in [-0.25, -0.2) is 13.1 Å². The summed E-state index contributed by atoms with van der Waals surface area (Å²) in [6, 6.07) is 13.4. The van der Waals surface area contributed by atoms with Crippen molar-refractivity contribution in [2.45, 2.75) is 30.2 Å². The van der Waals surface area contributed by atoms with Crippen LogP contribution >= 0.6 is 15.9 Å². The van der Waals surface area contributed by atoms with Crippen LogP contribution in [0.4, 0.5) is 5.69 Å². The average Bonchev–Trinajstić information content (AvgIpc) is 3.10. The van der Waals surface area contributed by atoms with Crippen molar-refractivity contribution in [1.82, 2.24) is 4.72 Å². The van der Waals surface area contributed by atoms with E-state index in [0.29, 0.717) is 5.92 Å². The van der Waals surface area contributed by atoms with Gasteiger partial charge in [0, 0.05) is 23.0 Å². The molecule has 2 N–H and O–H groups in total. The number of rotatable bonds is 3. The normalized spacial score (nSPS) is 23.3. The van der Waals surface area contributed by atoms with Gasteiger partial charge in [-0.05, 0) is 53.8 Å². The SMILES string of the molecule is CC(=O)NS(=O)(=O)c1ccc2c(c1)[C@H]1C=CC[C@H]1[C@@H](c1ccc(Br)cc1)N2. The highest BCUT2D eigenvalue weighted by atomic mass is 79.9. The fourth-order valence-electron chi connectivity index (χ4n) is 3.99. The second-order valence-electron chi connectivity index (χ2n) is 6.94. The molecule has 1 aliphatic heterocycles. The molecule has 0 radical (unpaired) electrons. The Morgan fingerprint density at radius 3 is 2.63 bits per heavy atom. The summed E-state index contributed by atoms with van der Waals surface area (Å²) in [5.41, 5.74) is 3.09. The lowest BCUT2D eigenvalue weighted by molar-refractivity contribution is -0.117. The summed E-state index contributed by atoms with van der Waals surface area (Å²) in [6.45, 7) is 1.19. The van der Waals surface area contributed by atoms with E-state index < -0.39 is 15.9 Å². The molecule has 0 saturated carbocycles. The highest BCUT2D eigenvalue weighted by Crippen LogP contribution is 2.50. The molecule has 27 heavy (non-hydrogen) atoms. The minimum atomic E-state index is -3.85. The van der Waals surface area contributed by atoms with Gasteiger partial charge in [-0.15, -0.1) is 0 Å². The number of carbonyl (C=O) groups is 1. The molecule has 3 atom stereocenters. The third-order valence-electron chi connectivity index (χ3n) is 5.15. The molecule has 2 aromatic rings. The fourth-order valence-corrected chi connectivity index (χ4v) is 5.28. The van der Waals surface area contributed by atoms with Crippen molar-refractivity contribution in [3.63, 3.8) is 0 Å². The summed E-state index contributed by atoms with van der Waals surface area (Å²) in [5, 5.41) is 3.59. The van der Waals surface area contributed by atoms with Crippen molar-refractivity contribution in [2.75, 3.05) is 5.32 Å². The molecule has 140 valence electrons. The van der Waals surface area contributed by atoms with Gasteiger partial charge in [0.25, 0.3) is 10.0 Å². The standard InChI is InChI=1S/C20H19BrN2O3S/c1-12(24)23-27(25,26)15-9-10-19-18(11-15)16-3-2-4-17(16)20(22-19)13-5-7-14(21)8-6-13/h2-3,5-11,16-17,20,22H,4H2,1H3,(H,23,24)/t16-,17+,20+/m0/s1. The van der Waals surface area contributed by atoms with E-state index in [1.54, 1.807) is 12.1 Å². The third-order valence-corrected chi connectivity index (χ3v) is 7.11. The van der Waals surface area contributed by atoms with Gasteiger partial charge < -0.3 is 5.32 Å². The first kappa shape index (κ1) is 18.3. The number of anilines is 1. The molecule has 1 aliphatic carbocycles. The third kappa shape index (κ3) is 3.41. The summed E-state index contributed by atoms with van der Waals surface area (Å²) in [5.74, 6) is -0.139. The zero-order valence-corrected chi connectivity index (χ0v) is 17.0. The Hall–Kier alpha value is -2.12. The number of halogens is 1. The Balaban J connectivity index is 1.74. The van der Waals surface area contributed by atoms with Crippen LogP contribution in [0.5, 0.6) is 0 Å². The van der Waals surface area contributed by atoms with Crippen molar-refractivity contribution < 1.29 is 13.2 Å². The number of hydrogen-bond acceptors (Lipinski definition) is 4. The van der Waals surface area contributed by atoms with Crippen LogP contribution in [0.25, 0.3) is 0 Å². The summed E-state index contributed by atoms with van der Waals surface area (Å²) in [4.78, 5) is 11.3. The molecule has 0 aromatic heterocycles. The largest absolute Gasteiger partial charge is 0.378 e. The van der Waals surface area contributed by atoms with E-state index in [-0.39, 0.29) is 16.9 Å². The summed E-state index contributed by atoms with van der Waals surface area (Å²) in [6.07, 6.45) is 5.25. The molecule has 1 heterocycles. The van der Waals surface area contributed by atoms with E-state index in [0.717, 1.165) is 22.1 Å². The Bertz CT molecular complexity index is 1030. The monoisotopic (exact) mass is 446 g/mol. The van der Waals surface area contributed by atoms with Gasteiger partial charge in [0.1, 0.15) is 0 Å². The van der Waals surface area contributed by atoms with E-state index in [1.165, 1.54) is 18.6 Å². The molecule has 1 amide bonds. The van der Waals surface area contributed by atoms with E-state index in [9.17, 15) is 13.2 Å². The second-order valence-corrected chi connectivity index (χ2v) is 9.54. The van der Waals surface area contributed by atoms with Crippen LogP contribution in [0.1, 0.15) is 36.4 Å². The second kappa shape index (κ2) is 6.80. The maximum Gasteiger partial charge on any atom is 0.264 e. The quantitative estimate of drug-likeness (QED) is 0.695. The molecule has 0 fully saturated rings. The first-order valence-corrected chi connectivity index (χ1v) is 11.0. The molecule has 4 rings (SSSR count). The predicted octanol–water partition coefficient (Wildman–Crippen LogP) is 4.10. The van der Waals surface area contributed by atoms with Crippen LogP contribution in [-0.4, -0.2) is 14.3 Å². The van der Waals surface area contributed by atoms with E-state index in [1.807, 2.05) is 16.9 Å². The van der Waals surface area contributed by atoms with Crippen LogP contribution in [0, 0.1) is 5.92 Å². The lowest BCUT2D eigenvalue weighted by Gasteiger charge is -2.37. The molecular weight excluding hydrogens is 428 g/mol. The van der Waals surface area contributed by atoms with E-state index >= 15 is 0 Å². The van der Waals surface area contributed by atoms with Crippen LogP contribution in [-0.2, 0) is 14.8 Å². The minimum Gasteiger partial charge on any atom is -0.378 e. The average molecular weight is 447 g/mol. The summed E-state index contributed by atoms with van der Waals surface area (Å²) in [7, 11) is -3.85. The van der Waals surface area contributed by atoms with Crippen molar-refractivity contribution in [2.24, 2.45) is 5.92 Å². The Labute approximate surface area is 167 Å². The van der Waals surface area contributed by atoms with Crippen molar-refractivity contribution in [1.29, 1.82) is 0 Å². The topological polar surface area (TPSA) is 75.3 Å². The zero-order chi connectivity index (χ0) is 19.2. The zero-order valence-electron chi connectivity index (χ0n) is 14.6. The van der Waals surface area contributed by atoms with Gasteiger partial charge >= 0.3 is 0 Å². The number of benzene rings is 2. The number of fused-ring (bicyclic) bond motifs is 3. The first-order valence-electron chi connectivity index (χ1n) is 8.71. The lowest BCUT2D eigenvalue weighted by atomic mass is 9.77. The molecule has 2 aromatic carbocycles. The number of allylic oxidation sites excluding steroid dienone is 2. The van der Waals surface area contributed by atoms with Crippen molar-refractivity contribution in [3.05, 3.63) is 70.2 Å². The highest BCUT2D eigenvalue weighted by molar-refractivity contribution is 9.10. The van der Waals surface area contributed by atoms with Crippen LogP contribution in [0.15, 0.2) is 64.0 Å². The van der Waals surface area contributed by atoms with Crippen molar-refractivity contribution in [3.8, 4) is 0 Å². The molecule has 2 aliphatic rings. The Morgan fingerprint density at radius 2 is 1.93 bits per heavy atom. The van der Waals surface area contributed by atoms with Gasteiger partial charge in [-0.1, -0.05) is 40.2 Å². The molecule has 5 nitrogen and oxygen atoms in total. The Morgan fingerprint density at radius 1 is 1.19 bits per heavy atom. The van der Waals surface area contributed by atoms with Gasteiger partial charge in [-0.3, -0.25) is 4.79 Å². The first-order chi connectivity index (χ1) is 12.8. The van der Waals surface area contributed by atoms with Gasteiger partial charge in [-0.2, -0.15) is 0 Å². The lowest BCUT2D eigenvalue weighted by Crippen LogP contribution is -2.31. The number of hydrogen-bond donors (Lipinski definition) is 2. The summed E-state index contributed by atoms with van der Waals surface area (Å²) < 4.78 is 27.8. The smallest absolute Gasteiger partial charge is 0.264 e. The fraction of sp³-hybridized carbons (Fsp3) is 0.250. The maximum absolute atomic E-state index is 12.4. The molecule has 0 saturated heterocycles. The molecular formula is C20H19BrN2O3S. The minimum absolute atomic E-state index is 0.111. The predicted molar refractivity (Wildman–Crippen MR) is 108 cm³/mol. The van der Waals surface area contributed by atoms with Crippen molar-refractivity contribution >= 4 is 37.5 Å². The molecule has 0 bridgehead atoms. The highest BCUT2D eigenvalue weighted by Gasteiger charge is 2.38. The van der Waals surface area contributed by atoms with Crippen LogP contribution in [0.2, 0.25) is 0 Å². The van der Waals surface area contributed by atoms with E-state index in [4.69, 9.17) is 0 Å². The van der Waals surface area contributed by atoms with E-state index in [2.05, 4.69) is 45.5 Å². The maximum atomic E-state index is 12.4. The van der Waals surface area contributed by atoms with Crippen LogP contribution in [0.3, 0.4) is 0 Å². The summed E-state index contributed by atoms with van der Waals surface area (Å²) >= 11 is 3.48. The number of sulfonamides is 1. The van der Waals surface area contributed by atoms with Gasteiger partial charge in [0.05, 0.1) is 10.9 Å². The number of nitrogens with one attached hydrogen (secondary N) is 2.